The van der Waals surface area contributed by atoms with E-state index >= 15 is 0 Å². The van der Waals surface area contributed by atoms with Crippen molar-refractivity contribution in [3.63, 3.8) is 0 Å². The minimum atomic E-state index is -0.0948. The molecule has 1 N–H and O–H groups in total. The third-order valence-corrected chi connectivity index (χ3v) is 2.62. The standard InChI is InChI=1S/C13H17NO3.C2H6/c1-3-16-13-8-12-10(5-4-6-17-12)7-11(13)14-9(2)15;1-2/h7-8H,3-6H2,1-2H3,(H,14,15);1-2H3. The van der Waals surface area contributed by atoms with E-state index in [9.17, 15) is 4.79 Å². The van der Waals surface area contributed by atoms with Crippen molar-refractivity contribution in [1.29, 1.82) is 0 Å². The molecule has 4 nitrogen and oxygen atoms in total. The topological polar surface area (TPSA) is 47.6 Å². The van der Waals surface area contributed by atoms with Gasteiger partial charge in [-0.15, -0.1) is 0 Å². The van der Waals surface area contributed by atoms with Crippen molar-refractivity contribution in [2.45, 2.75) is 40.5 Å². The first-order chi connectivity index (χ1) is 9.20. The molecule has 0 bridgehead atoms. The smallest absolute Gasteiger partial charge is 0.221 e. The fourth-order valence-corrected chi connectivity index (χ4v) is 1.94. The van der Waals surface area contributed by atoms with E-state index in [1.807, 2.05) is 32.9 Å². The van der Waals surface area contributed by atoms with Crippen LogP contribution in [0.4, 0.5) is 5.69 Å². The number of carbonyl (C=O) groups is 1. The number of carbonyl (C=O) groups excluding carboxylic acids is 1. The Kier molecular flexibility index (Phi) is 6.19. The maximum Gasteiger partial charge on any atom is 0.221 e. The van der Waals surface area contributed by atoms with Crippen LogP contribution in [0.25, 0.3) is 0 Å². The van der Waals surface area contributed by atoms with E-state index in [4.69, 9.17) is 9.47 Å². The molecule has 4 heteroatoms. The fourth-order valence-electron chi connectivity index (χ4n) is 1.94. The van der Waals surface area contributed by atoms with Crippen LogP contribution in [0.5, 0.6) is 11.5 Å². The van der Waals surface area contributed by atoms with E-state index in [1.54, 1.807) is 0 Å². The first-order valence-corrected chi connectivity index (χ1v) is 6.91. The number of hydrogen-bond donors (Lipinski definition) is 1. The molecule has 0 radical (unpaired) electrons. The van der Waals surface area contributed by atoms with Crippen LogP contribution in [0.15, 0.2) is 12.1 Å². The highest BCUT2D eigenvalue weighted by atomic mass is 16.5. The van der Waals surface area contributed by atoms with Gasteiger partial charge in [0.05, 0.1) is 18.9 Å². The summed E-state index contributed by atoms with van der Waals surface area (Å²) in [6, 6.07) is 3.81. The van der Waals surface area contributed by atoms with E-state index < -0.39 is 0 Å². The number of hydrogen-bond acceptors (Lipinski definition) is 3. The zero-order valence-electron chi connectivity index (χ0n) is 12.2. The zero-order valence-corrected chi connectivity index (χ0v) is 12.2. The Bertz CT molecular complexity index is 430. The molecule has 0 unspecified atom stereocenters. The Hall–Kier alpha value is -1.71. The highest BCUT2D eigenvalue weighted by Crippen LogP contribution is 2.35. The molecule has 19 heavy (non-hydrogen) atoms. The quantitative estimate of drug-likeness (QED) is 0.911. The normalized spacial score (nSPS) is 12.4. The van der Waals surface area contributed by atoms with Gasteiger partial charge in [-0.05, 0) is 31.4 Å². The molecule has 1 heterocycles. The summed E-state index contributed by atoms with van der Waals surface area (Å²) in [5, 5.41) is 2.79. The molecule has 0 aromatic heterocycles. The lowest BCUT2D eigenvalue weighted by Gasteiger charge is -2.20. The SMILES string of the molecule is CC.CCOc1cc2c(cc1NC(C)=O)CCCO2. The number of amides is 1. The first-order valence-electron chi connectivity index (χ1n) is 6.91. The second kappa shape index (κ2) is 7.67. The average Bonchev–Trinajstić information content (AvgIpc) is 2.41. The highest BCUT2D eigenvalue weighted by molar-refractivity contribution is 5.90. The van der Waals surface area contributed by atoms with Crippen molar-refractivity contribution < 1.29 is 14.3 Å². The summed E-state index contributed by atoms with van der Waals surface area (Å²) in [5.41, 5.74) is 1.85. The van der Waals surface area contributed by atoms with Gasteiger partial charge in [0.2, 0.25) is 5.91 Å². The largest absolute Gasteiger partial charge is 0.493 e. The van der Waals surface area contributed by atoms with E-state index in [0.29, 0.717) is 12.4 Å². The predicted molar refractivity (Wildman–Crippen MR) is 77.1 cm³/mol. The molecular formula is C15H23NO3. The average molecular weight is 265 g/mol. The zero-order chi connectivity index (χ0) is 14.3. The summed E-state index contributed by atoms with van der Waals surface area (Å²) < 4.78 is 11.1. The van der Waals surface area contributed by atoms with Crippen LogP contribution >= 0.6 is 0 Å². The van der Waals surface area contributed by atoms with Gasteiger partial charge in [0, 0.05) is 13.0 Å². The van der Waals surface area contributed by atoms with Gasteiger partial charge in [0.1, 0.15) is 11.5 Å². The van der Waals surface area contributed by atoms with E-state index in [2.05, 4.69) is 5.32 Å². The molecule has 0 atom stereocenters. The van der Waals surface area contributed by atoms with Gasteiger partial charge < -0.3 is 14.8 Å². The van der Waals surface area contributed by atoms with Gasteiger partial charge in [0.25, 0.3) is 0 Å². The third kappa shape index (κ3) is 4.16. The minimum Gasteiger partial charge on any atom is -0.493 e. The van der Waals surface area contributed by atoms with Crippen molar-refractivity contribution >= 4 is 11.6 Å². The second-order valence-corrected chi connectivity index (χ2v) is 4.02. The molecule has 1 amide bonds. The maximum absolute atomic E-state index is 11.1. The first kappa shape index (κ1) is 15.3. The number of fused-ring (bicyclic) bond motifs is 1. The Morgan fingerprint density at radius 1 is 1.42 bits per heavy atom. The third-order valence-electron chi connectivity index (χ3n) is 2.62. The summed E-state index contributed by atoms with van der Waals surface area (Å²) in [7, 11) is 0. The van der Waals surface area contributed by atoms with Crippen LogP contribution in [-0.2, 0) is 11.2 Å². The second-order valence-electron chi connectivity index (χ2n) is 4.02. The maximum atomic E-state index is 11.1. The molecule has 0 saturated carbocycles. The Morgan fingerprint density at radius 3 is 2.79 bits per heavy atom. The summed E-state index contributed by atoms with van der Waals surface area (Å²) in [6.07, 6.45) is 1.99. The van der Waals surface area contributed by atoms with E-state index in [-0.39, 0.29) is 5.91 Å². The van der Waals surface area contributed by atoms with Crippen molar-refractivity contribution in [1.82, 2.24) is 0 Å². The number of rotatable bonds is 3. The molecular weight excluding hydrogens is 242 g/mol. The Balaban J connectivity index is 0.000000861. The number of ether oxygens (including phenoxy) is 2. The summed E-state index contributed by atoms with van der Waals surface area (Å²) >= 11 is 0. The van der Waals surface area contributed by atoms with Gasteiger partial charge in [-0.3, -0.25) is 4.79 Å². The minimum absolute atomic E-state index is 0.0948. The Morgan fingerprint density at radius 2 is 2.16 bits per heavy atom. The number of aryl methyl sites for hydroxylation is 1. The molecule has 0 spiro atoms. The highest BCUT2D eigenvalue weighted by Gasteiger charge is 2.15. The molecule has 0 saturated heterocycles. The lowest BCUT2D eigenvalue weighted by atomic mass is 10.0. The van der Waals surface area contributed by atoms with Gasteiger partial charge in [0.15, 0.2) is 0 Å². The monoisotopic (exact) mass is 265 g/mol. The number of benzene rings is 1. The molecule has 106 valence electrons. The van der Waals surface area contributed by atoms with Crippen molar-refractivity contribution in [3.8, 4) is 11.5 Å². The van der Waals surface area contributed by atoms with Crippen LogP contribution < -0.4 is 14.8 Å². The van der Waals surface area contributed by atoms with Crippen molar-refractivity contribution in [3.05, 3.63) is 17.7 Å². The number of nitrogens with one attached hydrogen (secondary N) is 1. The Labute approximate surface area is 115 Å². The van der Waals surface area contributed by atoms with Crippen LogP contribution in [-0.4, -0.2) is 19.1 Å². The van der Waals surface area contributed by atoms with E-state index in [1.165, 1.54) is 6.92 Å². The summed E-state index contributed by atoms with van der Waals surface area (Å²) in [4.78, 5) is 11.1. The molecule has 1 aliphatic rings. The van der Waals surface area contributed by atoms with Gasteiger partial charge in [-0.2, -0.15) is 0 Å². The molecule has 0 aliphatic carbocycles. The molecule has 0 fully saturated rings. The fraction of sp³-hybridized carbons (Fsp3) is 0.533. The predicted octanol–water partition coefficient (Wildman–Crippen LogP) is 3.39. The summed E-state index contributed by atoms with van der Waals surface area (Å²) in [5.74, 6) is 1.44. The van der Waals surface area contributed by atoms with Crippen LogP contribution in [0, 0.1) is 0 Å². The van der Waals surface area contributed by atoms with Crippen molar-refractivity contribution in [2.24, 2.45) is 0 Å². The van der Waals surface area contributed by atoms with Gasteiger partial charge in [-0.25, -0.2) is 0 Å². The van der Waals surface area contributed by atoms with Crippen LogP contribution in [0.1, 0.15) is 39.7 Å². The lowest BCUT2D eigenvalue weighted by molar-refractivity contribution is -0.114. The molecule has 1 aliphatic heterocycles. The van der Waals surface area contributed by atoms with Crippen LogP contribution in [0.3, 0.4) is 0 Å². The summed E-state index contributed by atoms with van der Waals surface area (Å²) in [6.45, 7) is 8.72. The molecule has 1 aromatic rings. The van der Waals surface area contributed by atoms with Crippen LogP contribution in [0.2, 0.25) is 0 Å². The molecule has 1 aromatic carbocycles. The van der Waals surface area contributed by atoms with E-state index in [0.717, 1.165) is 36.4 Å². The number of anilines is 1. The van der Waals surface area contributed by atoms with Gasteiger partial charge >= 0.3 is 0 Å². The van der Waals surface area contributed by atoms with Crippen molar-refractivity contribution in [2.75, 3.05) is 18.5 Å². The van der Waals surface area contributed by atoms with Gasteiger partial charge in [-0.1, -0.05) is 13.8 Å². The molecule has 2 rings (SSSR count). The lowest BCUT2D eigenvalue weighted by Crippen LogP contribution is -2.12.